The second kappa shape index (κ2) is 8.48. The molecule has 1 aliphatic rings. The van der Waals surface area contributed by atoms with Gasteiger partial charge in [-0.15, -0.1) is 0 Å². The molecule has 142 valence electrons. The van der Waals surface area contributed by atoms with Crippen molar-refractivity contribution in [1.82, 2.24) is 19.8 Å². The SMILES string of the molecule is CN(C)C(=O)COc1ccccc1C(=O)N1CCN(c2ncccn2)CC1. The lowest BCUT2D eigenvalue weighted by atomic mass is 10.1. The standard InChI is InChI=1S/C19H23N5O3/c1-22(2)17(25)14-27-16-7-4-3-6-15(16)18(26)23-10-12-24(13-11-23)19-20-8-5-9-21-19/h3-9H,10-14H2,1-2H3. The van der Waals surface area contributed by atoms with Crippen LogP contribution >= 0.6 is 0 Å². The number of aromatic nitrogens is 2. The second-order valence-electron chi connectivity index (χ2n) is 6.40. The van der Waals surface area contributed by atoms with Crippen molar-refractivity contribution in [1.29, 1.82) is 0 Å². The number of anilines is 1. The molecule has 0 N–H and O–H groups in total. The highest BCUT2D eigenvalue weighted by atomic mass is 16.5. The van der Waals surface area contributed by atoms with E-state index in [1.807, 2.05) is 0 Å². The van der Waals surface area contributed by atoms with Crippen molar-refractivity contribution in [2.45, 2.75) is 0 Å². The Morgan fingerprint density at radius 1 is 1.04 bits per heavy atom. The summed E-state index contributed by atoms with van der Waals surface area (Å²) in [6.45, 7) is 2.37. The summed E-state index contributed by atoms with van der Waals surface area (Å²) in [6.07, 6.45) is 3.42. The van der Waals surface area contributed by atoms with Crippen molar-refractivity contribution in [3.05, 3.63) is 48.3 Å². The maximum absolute atomic E-state index is 12.9. The van der Waals surface area contributed by atoms with Gasteiger partial charge in [-0.1, -0.05) is 12.1 Å². The van der Waals surface area contributed by atoms with Crippen molar-refractivity contribution in [3.63, 3.8) is 0 Å². The van der Waals surface area contributed by atoms with Gasteiger partial charge in [0, 0.05) is 52.7 Å². The van der Waals surface area contributed by atoms with E-state index >= 15 is 0 Å². The highest BCUT2D eigenvalue weighted by Crippen LogP contribution is 2.21. The summed E-state index contributed by atoms with van der Waals surface area (Å²) in [6, 6.07) is 8.80. The molecule has 0 saturated carbocycles. The van der Waals surface area contributed by atoms with Crippen LogP contribution in [-0.2, 0) is 4.79 Å². The Kier molecular flexibility index (Phi) is 5.85. The lowest BCUT2D eigenvalue weighted by Gasteiger charge is -2.34. The molecule has 2 amide bonds. The molecule has 3 rings (SSSR count). The number of carbonyl (C=O) groups excluding carboxylic acids is 2. The van der Waals surface area contributed by atoms with E-state index in [1.165, 1.54) is 4.90 Å². The molecule has 0 spiro atoms. The minimum absolute atomic E-state index is 0.100. The Morgan fingerprint density at radius 2 is 1.70 bits per heavy atom. The van der Waals surface area contributed by atoms with Crippen LogP contribution in [0.5, 0.6) is 5.75 Å². The number of piperazine rings is 1. The molecule has 1 fully saturated rings. The summed E-state index contributed by atoms with van der Waals surface area (Å²) in [4.78, 5) is 38.5. The molecule has 27 heavy (non-hydrogen) atoms. The van der Waals surface area contributed by atoms with Gasteiger partial charge in [-0.3, -0.25) is 9.59 Å². The van der Waals surface area contributed by atoms with E-state index < -0.39 is 0 Å². The molecule has 2 heterocycles. The average Bonchev–Trinajstić information content (AvgIpc) is 2.72. The normalized spacial score (nSPS) is 14.0. The third kappa shape index (κ3) is 4.52. The third-order valence-corrected chi connectivity index (χ3v) is 4.37. The third-order valence-electron chi connectivity index (χ3n) is 4.37. The molecule has 1 saturated heterocycles. The molecule has 1 aromatic heterocycles. The summed E-state index contributed by atoms with van der Waals surface area (Å²) >= 11 is 0. The Labute approximate surface area is 158 Å². The van der Waals surface area contributed by atoms with Crippen LogP contribution in [0.2, 0.25) is 0 Å². The zero-order valence-electron chi connectivity index (χ0n) is 15.5. The van der Waals surface area contributed by atoms with Gasteiger partial charge in [-0.25, -0.2) is 9.97 Å². The van der Waals surface area contributed by atoms with Crippen LogP contribution in [0.3, 0.4) is 0 Å². The van der Waals surface area contributed by atoms with Gasteiger partial charge in [-0.05, 0) is 18.2 Å². The molecule has 1 aliphatic heterocycles. The number of amides is 2. The van der Waals surface area contributed by atoms with Crippen molar-refractivity contribution < 1.29 is 14.3 Å². The number of benzene rings is 1. The fourth-order valence-electron chi connectivity index (χ4n) is 2.77. The Bertz CT molecular complexity index is 789. The van der Waals surface area contributed by atoms with E-state index in [-0.39, 0.29) is 18.4 Å². The van der Waals surface area contributed by atoms with E-state index in [2.05, 4.69) is 14.9 Å². The number of carbonyl (C=O) groups is 2. The molecule has 1 aromatic carbocycles. The van der Waals surface area contributed by atoms with Gasteiger partial charge in [0.2, 0.25) is 5.95 Å². The minimum atomic E-state index is -0.159. The Morgan fingerprint density at radius 3 is 2.37 bits per heavy atom. The van der Waals surface area contributed by atoms with Crippen LogP contribution in [0.25, 0.3) is 0 Å². The largest absolute Gasteiger partial charge is 0.483 e. The summed E-state index contributed by atoms with van der Waals surface area (Å²) in [7, 11) is 3.33. The lowest BCUT2D eigenvalue weighted by molar-refractivity contribution is -0.130. The predicted molar refractivity (Wildman–Crippen MR) is 101 cm³/mol. The summed E-state index contributed by atoms with van der Waals surface area (Å²) in [5, 5.41) is 0. The number of ether oxygens (including phenoxy) is 1. The van der Waals surface area contributed by atoms with Gasteiger partial charge in [0.05, 0.1) is 5.56 Å². The molecule has 2 aromatic rings. The van der Waals surface area contributed by atoms with Gasteiger partial charge in [0.15, 0.2) is 6.61 Å². The molecular formula is C19H23N5O3. The first-order chi connectivity index (χ1) is 13.1. The molecular weight excluding hydrogens is 346 g/mol. The van der Waals surface area contributed by atoms with Crippen molar-refractivity contribution in [3.8, 4) is 5.75 Å². The number of hydrogen-bond donors (Lipinski definition) is 0. The number of rotatable bonds is 5. The molecule has 0 aliphatic carbocycles. The second-order valence-corrected chi connectivity index (χ2v) is 6.40. The maximum atomic E-state index is 12.9. The molecule has 0 radical (unpaired) electrons. The van der Waals surface area contributed by atoms with Crippen LogP contribution in [0, 0.1) is 0 Å². The number of hydrogen-bond acceptors (Lipinski definition) is 6. The fraction of sp³-hybridized carbons (Fsp3) is 0.368. The smallest absolute Gasteiger partial charge is 0.259 e. The zero-order valence-corrected chi connectivity index (χ0v) is 15.5. The van der Waals surface area contributed by atoms with Crippen molar-refractivity contribution in [2.75, 3.05) is 51.8 Å². The van der Waals surface area contributed by atoms with Gasteiger partial charge < -0.3 is 19.4 Å². The van der Waals surface area contributed by atoms with Gasteiger partial charge in [0.25, 0.3) is 11.8 Å². The quantitative estimate of drug-likeness (QED) is 0.779. The first-order valence-electron chi connectivity index (χ1n) is 8.79. The average molecular weight is 369 g/mol. The fourth-order valence-corrected chi connectivity index (χ4v) is 2.77. The van der Waals surface area contributed by atoms with E-state index in [4.69, 9.17) is 4.74 Å². The first-order valence-corrected chi connectivity index (χ1v) is 8.79. The van der Waals surface area contributed by atoms with Crippen LogP contribution in [0.1, 0.15) is 10.4 Å². The minimum Gasteiger partial charge on any atom is -0.483 e. The maximum Gasteiger partial charge on any atom is 0.259 e. The van der Waals surface area contributed by atoms with Crippen molar-refractivity contribution in [2.24, 2.45) is 0 Å². The zero-order chi connectivity index (χ0) is 19.2. The Hall–Kier alpha value is -3.16. The molecule has 0 atom stereocenters. The van der Waals surface area contributed by atoms with Crippen LogP contribution in [0.4, 0.5) is 5.95 Å². The topological polar surface area (TPSA) is 78.9 Å². The van der Waals surface area contributed by atoms with Crippen molar-refractivity contribution >= 4 is 17.8 Å². The van der Waals surface area contributed by atoms with Gasteiger partial charge in [-0.2, -0.15) is 0 Å². The molecule has 0 bridgehead atoms. The highest BCUT2D eigenvalue weighted by Gasteiger charge is 2.25. The van der Waals surface area contributed by atoms with E-state index in [1.54, 1.807) is 61.7 Å². The number of para-hydroxylation sites is 1. The predicted octanol–water partition coefficient (Wildman–Crippen LogP) is 0.906. The summed E-state index contributed by atoms with van der Waals surface area (Å²) in [5.41, 5.74) is 0.466. The summed E-state index contributed by atoms with van der Waals surface area (Å²) < 4.78 is 5.59. The monoisotopic (exact) mass is 369 g/mol. The molecule has 8 nitrogen and oxygen atoms in total. The summed E-state index contributed by atoms with van der Waals surface area (Å²) in [5.74, 6) is 0.840. The lowest BCUT2D eigenvalue weighted by Crippen LogP contribution is -2.49. The Balaban J connectivity index is 1.64. The highest BCUT2D eigenvalue weighted by molar-refractivity contribution is 5.97. The van der Waals surface area contributed by atoms with Crippen LogP contribution < -0.4 is 9.64 Å². The van der Waals surface area contributed by atoms with E-state index in [0.717, 1.165) is 0 Å². The number of likely N-dealkylation sites (N-methyl/N-ethyl adjacent to an activating group) is 1. The molecule has 8 heteroatoms. The van der Waals surface area contributed by atoms with Gasteiger partial charge >= 0.3 is 0 Å². The van der Waals surface area contributed by atoms with Crippen LogP contribution in [0.15, 0.2) is 42.7 Å². The number of nitrogens with zero attached hydrogens (tertiary/aromatic N) is 5. The van der Waals surface area contributed by atoms with Gasteiger partial charge in [0.1, 0.15) is 5.75 Å². The van der Waals surface area contributed by atoms with Crippen LogP contribution in [-0.4, -0.2) is 78.5 Å². The van der Waals surface area contributed by atoms with E-state index in [0.29, 0.717) is 43.4 Å². The first kappa shape index (κ1) is 18.6. The van der Waals surface area contributed by atoms with E-state index in [9.17, 15) is 9.59 Å². The molecule has 0 unspecified atom stereocenters.